The van der Waals surface area contributed by atoms with Gasteiger partial charge in [-0.15, -0.1) is 0 Å². The van der Waals surface area contributed by atoms with Gasteiger partial charge in [0.15, 0.2) is 0 Å². The number of benzene rings is 1. The second kappa shape index (κ2) is 7.06. The van der Waals surface area contributed by atoms with Crippen LogP contribution in [-0.4, -0.2) is 45.8 Å². The normalized spacial score (nSPS) is 18.9. The van der Waals surface area contributed by atoms with E-state index in [0.717, 1.165) is 23.2 Å². The van der Waals surface area contributed by atoms with Crippen molar-refractivity contribution in [3.8, 4) is 0 Å². The summed E-state index contributed by atoms with van der Waals surface area (Å²) in [6, 6.07) is 5.93. The Bertz CT molecular complexity index is 481. The molecule has 2 rings (SSSR count). The summed E-state index contributed by atoms with van der Waals surface area (Å²) >= 11 is 3.59. The zero-order chi connectivity index (χ0) is 14.5. The molecule has 1 aliphatic heterocycles. The molecular formula is C14H20BrN3O2. The zero-order valence-electron chi connectivity index (χ0n) is 11.8. The van der Waals surface area contributed by atoms with E-state index >= 15 is 0 Å². The number of morpholine rings is 1. The van der Waals surface area contributed by atoms with Gasteiger partial charge in [0, 0.05) is 30.3 Å². The van der Waals surface area contributed by atoms with Gasteiger partial charge in [-0.2, -0.15) is 0 Å². The predicted octanol–water partition coefficient (Wildman–Crippen LogP) is 1.12. The third kappa shape index (κ3) is 3.31. The average molecular weight is 342 g/mol. The Morgan fingerprint density at radius 1 is 1.50 bits per heavy atom. The number of carbonyl (C=O) groups excluding carboxylic acids is 1. The van der Waals surface area contributed by atoms with E-state index in [9.17, 15) is 4.79 Å². The Morgan fingerprint density at radius 3 is 2.95 bits per heavy atom. The van der Waals surface area contributed by atoms with Crippen LogP contribution in [0.25, 0.3) is 0 Å². The van der Waals surface area contributed by atoms with E-state index in [1.807, 2.05) is 7.05 Å². The molecule has 110 valence electrons. The Hall–Kier alpha value is -1.11. The zero-order valence-corrected chi connectivity index (χ0v) is 13.4. The van der Waals surface area contributed by atoms with E-state index in [4.69, 9.17) is 4.74 Å². The SMILES string of the molecule is CNCc1ccc(N2CCOCC2C(=O)NC)cc1Br. The molecule has 1 aromatic carbocycles. The standard InChI is InChI=1S/C14H20BrN3O2/c1-16-8-10-3-4-11(7-12(10)15)18-5-6-20-9-13(18)14(19)17-2/h3-4,7,13,16H,5-6,8-9H2,1-2H3,(H,17,19). The quantitative estimate of drug-likeness (QED) is 0.861. The molecule has 1 atom stereocenters. The molecule has 1 heterocycles. The number of nitrogens with zero attached hydrogens (tertiary/aromatic N) is 1. The summed E-state index contributed by atoms with van der Waals surface area (Å²) in [6.45, 7) is 2.59. The first kappa shape index (κ1) is 15.3. The van der Waals surface area contributed by atoms with Crippen LogP contribution < -0.4 is 15.5 Å². The number of carbonyl (C=O) groups is 1. The van der Waals surface area contributed by atoms with Crippen LogP contribution in [0.2, 0.25) is 0 Å². The van der Waals surface area contributed by atoms with Crippen LogP contribution >= 0.6 is 15.9 Å². The van der Waals surface area contributed by atoms with Gasteiger partial charge in [-0.25, -0.2) is 0 Å². The summed E-state index contributed by atoms with van der Waals surface area (Å²) in [6.07, 6.45) is 0. The van der Waals surface area contributed by atoms with Crippen molar-refractivity contribution in [3.63, 3.8) is 0 Å². The molecule has 1 amide bonds. The number of amides is 1. The number of anilines is 1. The molecule has 6 heteroatoms. The molecule has 0 aliphatic carbocycles. The fourth-order valence-electron chi connectivity index (χ4n) is 2.35. The lowest BCUT2D eigenvalue weighted by Crippen LogP contribution is -2.53. The lowest BCUT2D eigenvalue weighted by molar-refractivity contribution is -0.124. The summed E-state index contributed by atoms with van der Waals surface area (Å²) < 4.78 is 6.47. The molecule has 20 heavy (non-hydrogen) atoms. The summed E-state index contributed by atoms with van der Waals surface area (Å²) in [7, 11) is 3.57. The van der Waals surface area contributed by atoms with Gasteiger partial charge < -0.3 is 20.3 Å². The Labute approximate surface area is 127 Å². The number of hydrogen-bond donors (Lipinski definition) is 2. The smallest absolute Gasteiger partial charge is 0.244 e. The monoisotopic (exact) mass is 341 g/mol. The van der Waals surface area contributed by atoms with E-state index in [0.29, 0.717) is 13.2 Å². The summed E-state index contributed by atoms with van der Waals surface area (Å²) in [5.41, 5.74) is 2.23. The highest BCUT2D eigenvalue weighted by Gasteiger charge is 2.29. The number of hydrogen-bond acceptors (Lipinski definition) is 4. The second-order valence-corrected chi connectivity index (χ2v) is 5.56. The fraction of sp³-hybridized carbons (Fsp3) is 0.500. The van der Waals surface area contributed by atoms with Crippen LogP contribution in [0.15, 0.2) is 22.7 Å². The van der Waals surface area contributed by atoms with Crippen LogP contribution in [0.1, 0.15) is 5.56 Å². The van der Waals surface area contributed by atoms with Crippen LogP contribution in [0.4, 0.5) is 5.69 Å². The molecule has 0 bridgehead atoms. The Morgan fingerprint density at radius 2 is 2.30 bits per heavy atom. The maximum atomic E-state index is 12.0. The Kier molecular flexibility index (Phi) is 5.39. The van der Waals surface area contributed by atoms with Crippen LogP contribution in [0.5, 0.6) is 0 Å². The highest BCUT2D eigenvalue weighted by Crippen LogP contribution is 2.26. The minimum atomic E-state index is -0.268. The minimum Gasteiger partial charge on any atom is -0.377 e. The van der Waals surface area contributed by atoms with Gasteiger partial charge in [-0.1, -0.05) is 22.0 Å². The topological polar surface area (TPSA) is 53.6 Å². The van der Waals surface area contributed by atoms with Gasteiger partial charge >= 0.3 is 0 Å². The average Bonchev–Trinajstić information content (AvgIpc) is 2.48. The largest absolute Gasteiger partial charge is 0.377 e. The number of ether oxygens (including phenoxy) is 1. The number of rotatable bonds is 4. The first-order valence-electron chi connectivity index (χ1n) is 6.66. The number of halogens is 1. The third-order valence-electron chi connectivity index (χ3n) is 3.41. The molecule has 0 radical (unpaired) electrons. The molecule has 1 aliphatic rings. The van der Waals surface area contributed by atoms with E-state index in [-0.39, 0.29) is 11.9 Å². The van der Waals surface area contributed by atoms with Crippen molar-refractivity contribution in [1.82, 2.24) is 10.6 Å². The van der Waals surface area contributed by atoms with Crippen LogP contribution in [0, 0.1) is 0 Å². The molecule has 1 fully saturated rings. The molecule has 0 spiro atoms. The van der Waals surface area contributed by atoms with Crippen molar-refractivity contribution >= 4 is 27.5 Å². The van der Waals surface area contributed by atoms with Crippen molar-refractivity contribution in [2.75, 3.05) is 38.8 Å². The highest BCUT2D eigenvalue weighted by molar-refractivity contribution is 9.10. The molecule has 0 aromatic heterocycles. The first-order chi connectivity index (χ1) is 9.67. The summed E-state index contributed by atoms with van der Waals surface area (Å²) in [4.78, 5) is 14.0. The van der Waals surface area contributed by atoms with Gasteiger partial charge in [-0.3, -0.25) is 4.79 Å². The van der Waals surface area contributed by atoms with Crippen molar-refractivity contribution < 1.29 is 9.53 Å². The number of likely N-dealkylation sites (N-methyl/N-ethyl adjacent to an activating group) is 1. The lowest BCUT2D eigenvalue weighted by Gasteiger charge is -2.36. The lowest BCUT2D eigenvalue weighted by atomic mass is 10.1. The maximum Gasteiger partial charge on any atom is 0.244 e. The third-order valence-corrected chi connectivity index (χ3v) is 4.15. The molecule has 5 nitrogen and oxygen atoms in total. The van der Waals surface area contributed by atoms with Crippen molar-refractivity contribution in [2.24, 2.45) is 0 Å². The number of nitrogens with one attached hydrogen (secondary N) is 2. The van der Waals surface area contributed by atoms with Gasteiger partial charge in [0.2, 0.25) is 5.91 Å². The van der Waals surface area contributed by atoms with E-state index in [1.54, 1.807) is 7.05 Å². The Balaban J connectivity index is 2.23. The summed E-state index contributed by atoms with van der Waals surface area (Å²) in [5.74, 6) is -0.0138. The minimum absolute atomic E-state index is 0.0138. The van der Waals surface area contributed by atoms with Crippen LogP contribution in [0.3, 0.4) is 0 Å². The van der Waals surface area contributed by atoms with E-state index < -0.39 is 0 Å². The first-order valence-corrected chi connectivity index (χ1v) is 7.45. The molecule has 1 saturated heterocycles. The summed E-state index contributed by atoms with van der Waals surface area (Å²) in [5, 5.41) is 5.83. The van der Waals surface area contributed by atoms with Gasteiger partial charge in [0.05, 0.1) is 13.2 Å². The second-order valence-electron chi connectivity index (χ2n) is 4.70. The molecule has 1 unspecified atom stereocenters. The van der Waals surface area contributed by atoms with Gasteiger partial charge in [0.25, 0.3) is 0 Å². The molecular weight excluding hydrogens is 322 g/mol. The molecule has 1 aromatic rings. The van der Waals surface area contributed by atoms with E-state index in [2.05, 4.69) is 49.7 Å². The highest BCUT2D eigenvalue weighted by atomic mass is 79.9. The molecule has 0 saturated carbocycles. The van der Waals surface area contributed by atoms with Crippen molar-refractivity contribution in [1.29, 1.82) is 0 Å². The van der Waals surface area contributed by atoms with Gasteiger partial charge in [-0.05, 0) is 24.7 Å². The maximum absolute atomic E-state index is 12.0. The van der Waals surface area contributed by atoms with Crippen LogP contribution in [-0.2, 0) is 16.1 Å². The van der Waals surface area contributed by atoms with Crippen molar-refractivity contribution in [3.05, 3.63) is 28.2 Å². The predicted molar refractivity (Wildman–Crippen MR) is 82.9 cm³/mol. The van der Waals surface area contributed by atoms with E-state index in [1.165, 1.54) is 5.56 Å². The van der Waals surface area contributed by atoms with Gasteiger partial charge in [0.1, 0.15) is 6.04 Å². The molecule has 2 N–H and O–H groups in total. The fourth-order valence-corrected chi connectivity index (χ4v) is 2.85. The van der Waals surface area contributed by atoms with Crippen molar-refractivity contribution in [2.45, 2.75) is 12.6 Å².